The number of nitro groups is 1. The second-order valence-corrected chi connectivity index (χ2v) is 4.62. The van der Waals surface area contributed by atoms with Crippen molar-refractivity contribution >= 4 is 27.5 Å². The predicted molar refractivity (Wildman–Crippen MR) is 75.8 cm³/mol. The summed E-state index contributed by atoms with van der Waals surface area (Å²) in [6.45, 7) is 2.62. The van der Waals surface area contributed by atoms with Crippen LogP contribution in [0.5, 0.6) is 0 Å². The average molecular weight is 325 g/mol. The van der Waals surface area contributed by atoms with Crippen LogP contribution in [-0.2, 0) is 0 Å². The minimum absolute atomic E-state index is 0.136. The van der Waals surface area contributed by atoms with Crippen LogP contribution in [0.1, 0.15) is 23.7 Å². The van der Waals surface area contributed by atoms with Crippen molar-refractivity contribution < 1.29 is 9.72 Å². The van der Waals surface area contributed by atoms with Gasteiger partial charge in [-0.3, -0.25) is 14.9 Å². The molecule has 5 nitrogen and oxygen atoms in total. The zero-order valence-electron chi connectivity index (χ0n) is 10.4. The fourth-order valence-electron chi connectivity index (χ4n) is 1.63. The highest BCUT2D eigenvalue weighted by Gasteiger charge is 2.22. The molecule has 1 amide bonds. The summed E-state index contributed by atoms with van der Waals surface area (Å²) in [7, 11) is 0. The molecule has 1 rings (SSSR count). The van der Waals surface area contributed by atoms with Gasteiger partial charge >= 0.3 is 0 Å². The molecule has 0 unspecified atom stereocenters. The maximum absolute atomic E-state index is 12.3. The molecule has 6 heteroatoms. The van der Waals surface area contributed by atoms with Crippen LogP contribution < -0.4 is 0 Å². The molecule has 0 atom stereocenters. The summed E-state index contributed by atoms with van der Waals surface area (Å²) in [5, 5.41) is 10.8. The zero-order chi connectivity index (χ0) is 14.4. The third kappa shape index (κ3) is 3.55. The van der Waals surface area contributed by atoms with Gasteiger partial charge in [-0.1, -0.05) is 18.9 Å². The van der Waals surface area contributed by atoms with Gasteiger partial charge in [0.15, 0.2) is 0 Å². The number of nitro benzene ring substituents is 1. The largest absolute Gasteiger partial charge is 0.327 e. The van der Waals surface area contributed by atoms with Gasteiger partial charge in [-0.25, -0.2) is 0 Å². The van der Waals surface area contributed by atoms with Crippen molar-refractivity contribution in [2.75, 3.05) is 13.1 Å². The lowest BCUT2D eigenvalue weighted by Crippen LogP contribution is -2.32. The molecule has 1 aromatic carbocycles. The van der Waals surface area contributed by atoms with E-state index in [1.54, 1.807) is 6.07 Å². The minimum Gasteiger partial charge on any atom is -0.327 e. The summed E-state index contributed by atoms with van der Waals surface area (Å²) in [6.07, 6.45) is 5.99. The molecule has 0 fully saturated rings. The Hall–Kier alpha value is -1.87. The lowest BCUT2D eigenvalue weighted by molar-refractivity contribution is -0.385. The first-order chi connectivity index (χ1) is 9.02. The molecular formula is C13H13BrN2O3. The zero-order valence-corrected chi connectivity index (χ0v) is 12.0. The Kier molecular flexibility index (Phi) is 5.52. The van der Waals surface area contributed by atoms with Crippen LogP contribution in [0.15, 0.2) is 22.7 Å². The van der Waals surface area contributed by atoms with Gasteiger partial charge in [-0.05, 0) is 28.4 Å². The Morgan fingerprint density at radius 1 is 1.58 bits per heavy atom. The molecule has 0 aliphatic carbocycles. The number of hydrogen-bond donors (Lipinski definition) is 0. The van der Waals surface area contributed by atoms with E-state index in [4.69, 9.17) is 6.42 Å². The van der Waals surface area contributed by atoms with Crippen LogP contribution in [0.3, 0.4) is 0 Å². The van der Waals surface area contributed by atoms with Crippen LogP contribution in [0, 0.1) is 22.5 Å². The topological polar surface area (TPSA) is 63.5 Å². The van der Waals surface area contributed by atoms with Crippen LogP contribution in [0.4, 0.5) is 5.69 Å². The number of carbonyl (C=O) groups is 1. The van der Waals surface area contributed by atoms with E-state index in [1.165, 1.54) is 17.0 Å². The molecule has 0 aliphatic rings. The number of benzene rings is 1. The van der Waals surface area contributed by atoms with Crippen LogP contribution >= 0.6 is 15.9 Å². The highest BCUT2D eigenvalue weighted by molar-refractivity contribution is 9.10. The second kappa shape index (κ2) is 6.90. The van der Waals surface area contributed by atoms with Crippen LogP contribution in [0.25, 0.3) is 0 Å². The third-order valence-electron chi connectivity index (χ3n) is 2.47. The van der Waals surface area contributed by atoms with E-state index in [0.29, 0.717) is 6.54 Å². The van der Waals surface area contributed by atoms with Gasteiger partial charge in [-0.2, -0.15) is 0 Å². The van der Waals surface area contributed by atoms with Crippen molar-refractivity contribution in [3.05, 3.63) is 38.3 Å². The van der Waals surface area contributed by atoms with Crippen LogP contribution in [0.2, 0.25) is 0 Å². The molecular weight excluding hydrogens is 312 g/mol. The highest BCUT2D eigenvalue weighted by Crippen LogP contribution is 2.29. The van der Waals surface area contributed by atoms with Gasteiger partial charge in [0.25, 0.3) is 11.6 Å². The van der Waals surface area contributed by atoms with E-state index in [-0.39, 0.29) is 28.2 Å². The molecule has 0 heterocycles. The van der Waals surface area contributed by atoms with E-state index >= 15 is 0 Å². The quantitative estimate of drug-likeness (QED) is 0.475. The molecule has 0 aliphatic heterocycles. The second-order valence-electron chi connectivity index (χ2n) is 3.83. The fraction of sp³-hybridized carbons (Fsp3) is 0.308. The minimum atomic E-state index is -0.536. The number of nitrogens with zero attached hydrogens (tertiary/aromatic N) is 2. The number of terminal acetylenes is 1. The number of rotatable bonds is 5. The molecule has 0 saturated carbocycles. The van der Waals surface area contributed by atoms with E-state index in [0.717, 1.165) is 6.42 Å². The normalized spacial score (nSPS) is 9.74. The SMILES string of the molecule is C#CCN(CCC)C(=O)c1cccc([N+](=O)[O-])c1Br. The van der Waals surface area contributed by atoms with Gasteiger partial charge in [0, 0.05) is 12.6 Å². The van der Waals surface area contributed by atoms with E-state index < -0.39 is 4.92 Å². The smallest absolute Gasteiger partial charge is 0.284 e. The lowest BCUT2D eigenvalue weighted by atomic mass is 10.1. The van der Waals surface area contributed by atoms with E-state index in [1.807, 2.05) is 6.92 Å². The summed E-state index contributed by atoms with van der Waals surface area (Å²) >= 11 is 3.11. The molecule has 0 bridgehead atoms. The van der Waals surface area contributed by atoms with Gasteiger partial charge in [0.2, 0.25) is 0 Å². The van der Waals surface area contributed by atoms with E-state index in [2.05, 4.69) is 21.9 Å². The summed E-state index contributed by atoms with van der Waals surface area (Å²) < 4.78 is 0.183. The molecule has 0 spiro atoms. The summed E-state index contributed by atoms with van der Waals surface area (Å²) in [4.78, 5) is 24.1. The summed E-state index contributed by atoms with van der Waals surface area (Å²) in [5.74, 6) is 2.11. The molecule has 0 saturated heterocycles. The predicted octanol–water partition coefficient (Wildman–Crippen LogP) is 2.84. The Morgan fingerprint density at radius 3 is 2.79 bits per heavy atom. The molecule has 0 aromatic heterocycles. The highest BCUT2D eigenvalue weighted by atomic mass is 79.9. The van der Waals surface area contributed by atoms with Gasteiger partial charge in [-0.15, -0.1) is 6.42 Å². The molecule has 100 valence electrons. The maximum Gasteiger partial charge on any atom is 0.284 e. The van der Waals surface area contributed by atoms with Crippen molar-refractivity contribution in [1.82, 2.24) is 4.90 Å². The molecule has 0 N–H and O–H groups in total. The number of hydrogen-bond acceptors (Lipinski definition) is 3. The van der Waals surface area contributed by atoms with Gasteiger partial charge in [0.05, 0.1) is 17.0 Å². The number of halogens is 1. The first-order valence-corrected chi connectivity index (χ1v) is 6.47. The fourth-order valence-corrected chi connectivity index (χ4v) is 2.21. The maximum atomic E-state index is 12.3. The summed E-state index contributed by atoms with van der Waals surface area (Å²) in [6, 6.07) is 4.36. The van der Waals surface area contributed by atoms with Crippen molar-refractivity contribution in [2.45, 2.75) is 13.3 Å². The lowest BCUT2D eigenvalue weighted by Gasteiger charge is -2.20. The van der Waals surface area contributed by atoms with Crippen molar-refractivity contribution in [3.63, 3.8) is 0 Å². The first-order valence-electron chi connectivity index (χ1n) is 5.68. The first kappa shape index (κ1) is 15.2. The Labute approximate surface area is 119 Å². The number of carbonyl (C=O) groups excluding carboxylic acids is 1. The van der Waals surface area contributed by atoms with Gasteiger partial charge < -0.3 is 4.90 Å². The molecule has 19 heavy (non-hydrogen) atoms. The monoisotopic (exact) mass is 324 g/mol. The Bertz CT molecular complexity index is 537. The Morgan fingerprint density at radius 2 is 2.26 bits per heavy atom. The van der Waals surface area contributed by atoms with Crippen molar-refractivity contribution in [2.24, 2.45) is 0 Å². The summed E-state index contributed by atoms with van der Waals surface area (Å²) in [5.41, 5.74) is 0.112. The molecule has 0 radical (unpaired) electrons. The van der Waals surface area contributed by atoms with Crippen LogP contribution in [-0.4, -0.2) is 28.8 Å². The van der Waals surface area contributed by atoms with E-state index in [9.17, 15) is 14.9 Å². The standard InChI is InChI=1S/C13H13BrN2O3/c1-3-8-15(9-4-2)13(17)10-6-5-7-11(12(10)14)16(18)19/h1,5-7H,4,8-9H2,2H3. The Balaban J connectivity index is 3.15. The molecule has 1 aromatic rings. The van der Waals surface area contributed by atoms with Crippen molar-refractivity contribution in [1.29, 1.82) is 0 Å². The van der Waals surface area contributed by atoms with Gasteiger partial charge in [0.1, 0.15) is 4.47 Å². The average Bonchev–Trinajstić information content (AvgIpc) is 2.37. The number of amides is 1. The third-order valence-corrected chi connectivity index (χ3v) is 3.30. The van der Waals surface area contributed by atoms with Crippen molar-refractivity contribution in [3.8, 4) is 12.3 Å².